The first-order valence-electron chi connectivity index (χ1n) is 11.5. The standard InChI is InChI=1S/C24H45O3.H3N/c1-3-5-6-7-8-10-13-17-23(22(16-4-2)20-21-25)18-14-11-9-12-15-19-24(26)27;/h17,22,25H,2-16,18-21H2,1H3,(H,26,27);1H3/b23-17-;. The van der Waals surface area contributed by atoms with Gasteiger partial charge in [-0.3, -0.25) is 4.79 Å². The second-order valence-electron chi connectivity index (χ2n) is 7.85. The molecular formula is C24H48NO3. The molecule has 0 spiro atoms. The minimum absolute atomic E-state index is 0. The van der Waals surface area contributed by atoms with Gasteiger partial charge >= 0.3 is 5.97 Å². The highest BCUT2D eigenvalue weighted by Gasteiger charge is 2.13. The molecule has 0 fully saturated rings. The maximum atomic E-state index is 10.5. The summed E-state index contributed by atoms with van der Waals surface area (Å²) >= 11 is 0. The molecule has 0 bridgehead atoms. The maximum absolute atomic E-state index is 10.5. The van der Waals surface area contributed by atoms with E-state index in [9.17, 15) is 9.90 Å². The van der Waals surface area contributed by atoms with Crippen molar-refractivity contribution in [2.75, 3.05) is 6.61 Å². The fourth-order valence-electron chi connectivity index (χ4n) is 3.74. The van der Waals surface area contributed by atoms with Crippen molar-refractivity contribution in [3.63, 3.8) is 0 Å². The summed E-state index contributed by atoms with van der Waals surface area (Å²) in [5.74, 6) is -0.200. The zero-order valence-corrected chi connectivity index (χ0v) is 18.6. The molecule has 5 N–H and O–H groups in total. The number of aliphatic carboxylic acids is 1. The maximum Gasteiger partial charge on any atom is 0.303 e. The van der Waals surface area contributed by atoms with Crippen LogP contribution in [-0.2, 0) is 4.79 Å². The Labute approximate surface area is 174 Å². The van der Waals surface area contributed by atoms with Crippen molar-refractivity contribution in [3.8, 4) is 0 Å². The second-order valence-corrected chi connectivity index (χ2v) is 7.85. The van der Waals surface area contributed by atoms with Crippen LogP contribution in [0.1, 0.15) is 116 Å². The Bertz CT molecular complexity index is 363. The lowest BCUT2D eigenvalue weighted by Gasteiger charge is -2.20. The van der Waals surface area contributed by atoms with E-state index in [2.05, 4.69) is 19.9 Å². The number of carbonyl (C=O) groups is 1. The molecule has 0 amide bonds. The highest BCUT2D eigenvalue weighted by molar-refractivity contribution is 5.66. The van der Waals surface area contributed by atoms with Gasteiger partial charge in [0.15, 0.2) is 0 Å². The molecule has 0 saturated carbocycles. The minimum atomic E-state index is -0.685. The van der Waals surface area contributed by atoms with Crippen molar-refractivity contribution >= 4 is 5.97 Å². The molecule has 28 heavy (non-hydrogen) atoms. The largest absolute Gasteiger partial charge is 0.481 e. The fourth-order valence-corrected chi connectivity index (χ4v) is 3.74. The lowest BCUT2D eigenvalue weighted by molar-refractivity contribution is -0.137. The van der Waals surface area contributed by atoms with Crippen LogP contribution in [0.5, 0.6) is 0 Å². The average Bonchev–Trinajstić information content (AvgIpc) is 2.64. The summed E-state index contributed by atoms with van der Waals surface area (Å²) < 4.78 is 0. The highest BCUT2D eigenvalue weighted by atomic mass is 16.4. The number of aliphatic hydroxyl groups excluding tert-OH is 1. The van der Waals surface area contributed by atoms with Gasteiger partial charge in [0.1, 0.15) is 0 Å². The first-order valence-corrected chi connectivity index (χ1v) is 11.5. The Kier molecular flexibility index (Phi) is 23.5. The van der Waals surface area contributed by atoms with Crippen molar-refractivity contribution in [2.24, 2.45) is 5.92 Å². The molecule has 0 aromatic heterocycles. The molecule has 167 valence electrons. The van der Waals surface area contributed by atoms with Gasteiger partial charge in [-0.05, 0) is 50.9 Å². The Morgan fingerprint density at radius 3 is 2.04 bits per heavy atom. The molecule has 0 aliphatic heterocycles. The summed E-state index contributed by atoms with van der Waals surface area (Å²) in [6.07, 6.45) is 21.2. The van der Waals surface area contributed by atoms with E-state index < -0.39 is 5.97 Å². The number of carboxylic acids is 1. The van der Waals surface area contributed by atoms with E-state index in [4.69, 9.17) is 5.11 Å². The molecule has 1 radical (unpaired) electrons. The van der Waals surface area contributed by atoms with E-state index >= 15 is 0 Å². The van der Waals surface area contributed by atoms with Gasteiger partial charge in [0.05, 0.1) is 0 Å². The average molecular weight is 399 g/mol. The highest BCUT2D eigenvalue weighted by Crippen LogP contribution is 2.27. The van der Waals surface area contributed by atoms with E-state index in [-0.39, 0.29) is 12.8 Å². The first-order chi connectivity index (χ1) is 13.2. The second kappa shape index (κ2) is 22.4. The first kappa shape index (κ1) is 29.3. The van der Waals surface area contributed by atoms with E-state index in [0.717, 1.165) is 44.9 Å². The van der Waals surface area contributed by atoms with E-state index in [1.807, 2.05) is 0 Å². The van der Waals surface area contributed by atoms with Crippen molar-refractivity contribution in [1.82, 2.24) is 6.15 Å². The van der Waals surface area contributed by atoms with Crippen LogP contribution in [0.3, 0.4) is 0 Å². The third-order valence-electron chi connectivity index (χ3n) is 5.37. The molecule has 0 rings (SSSR count). The summed E-state index contributed by atoms with van der Waals surface area (Å²) in [4.78, 5) is 10.5. The lowest BCUT2D eigenvalue weighted by atomic mass is 9.87. The summed E-state index contributed by atoms with van der Waals surface area (Å²) in [7, 11) is 0. The molecule has 1 unspecified atom stereocenters. The number of aliphatic hydroxyl groups is 1. The van der Waals surface area contributed by atoms with E-state index in [0.29, 0.717) is 12.3 Å². The van der Waals surface area contributed by atoms with Gasteiger partial charge < -0.3 is 16.4 Å². The molecule has 0 aliphatic rings. The number of carboxylic acid groups (broad SMARTS) is 1. The summed E-state index contributed by atoms with van der Waals surface area (Å²) in [6.45, 7) is 6.53. The predicted octanol–water partition coefficient (Wildman–Crippen LogP) is 7.25. The van der Waals surface area contributed by atoms with Crippen LogP contribution in [-0.4, -0.2) is 22.8 Å². The molecule has 4 heteroatoms. The number of hydrogen-bond acceptors (Lipinski definition) is 3. The molecule has 0 aromatic carbocycles. The smallest absolute Gasteiger partial charge is 0.303 e. The van der Waals surface area contributed by atoms with Crippen LogP contribution in [0, 0.1) is 12.8 Å². The molecule has 4 nitrogen and oxygen atoms in total. The van der Waals surface area contributed by atoms with Crippen molar-refractivity contribution in [2.45, 2.75) is 116 Å². The molecule has 0 aromatic rings. The quantitative estimate of drug-likeness (QED) is 0.149. The zero-order valence-electron chi connectivity index (χ0n) is 18.6. The number of allylic oxidation sites excluding steroid dienone is 2. The summed E-state index contributed by atoms with van der Waals surface area (Å²) in [5, 5.41) is 18.1. The molecular weight excluding hydrogens is 350 g/mol. The van der Waals surface area contributed by atoms with E-state index in [1.54, 1.807) is 0 Å². The Morgan fingerprint density at radius 2 is 1.46 bits per heavy atom. The van der Waals surface area contributed by atoms with Crippen LogP contribution >= 0.6 is 0 Å². The van der Waals surface area contributed by atoms with Crippen LogP contribution in [0.15, 0.2) is 11.6 Å². The molecule has 1 atom stereocenters. The number of hydrogen-bond donors (Lipinski definition) is 3. The van der Waals surface area contributed by atoms with Gasteiger partial charge in [-0.2, -0.15) is 0 Å². The SMILES string of the molecule is N.[CH2]CCC(CCO)/C(=C\CCCCCCCC)CCCCCCCC(=O)O. The zero-order chi connectivity index (χ0) is 20.2. The lowest BCUT2D eigenvalue weighted by Crippen LogP contribution is -2.07. The summed E-state index contributed by atoms with van der Waals surface area (Å²) in [6, 6.07) is 0. The van der Waals surface area contributed by atoms with Crippen LogP contribution in [0.4, 0.5) is 0 Å². The van der Waals surface area contributed by atoms with Gasteiger partial charge in [0.25, 0.3) is 0 Å². The molecule has 0 saturated heterocycles. The third kappa shape index (κ3) is 18.5. The topological polar surface area (TPSA) is 92.5 Å². The van der Waals surface area contributed by atoms with Crippen molar-refractivity contribution in [1.29, 1.82) is 0 Å². The summed E-state index contributed by atoms with van der Waals surface area (Å²) in [5.41, 5.74) is 1.53. The van der Waals surface area contributed by atoms with Crippen LogP contribution in [0.2, 0.25) is 0 Å². The molecule has 0 heterocycles. The predicted molar refractivity (Wildman–Crippen MR) is 121 cm³/mol. The van der Waals surface area contributed by atoms with Crippen LogP contribution < -0.4 is 6.15 Å². The van der Waals surface area contributed by atoms with Crippen molar-refractivity contribution < 1.29 is 15.0 Å². The van der Waals surface area contributed by atoms with Crippen molar-refractivity contribution in [3.05, 3.63) is 18.6 Å². The fraction of sp³-hybridized carbons (Fsp3) is 0.833. The Balaban J connectivity index is 0. The Morgan fingerprint density at radius 1 is 0.893 bits per heavy atom. The van der Waals surface area contributed by atoms with E-state index in [1.165, 1.54) is 63.4 Å². The van der Waals surface area contributed by atoms with Gasteiger partial charge in [-0.15, -0.1) is 0 Å². The van der Waals surface area contributed by atoms with Crippen LogP contribution in [0.25, 0.3) is 0 Å². The van der Waals surface area contributed by atoms with Gasteiger partial charge in [0.2, 0.25) is 0 Å². The Hall–Kier alpha value is -0.870. The minimum Gasteiger partial charge on any atom is -0.481 e. The monoisotopic (exact) mass is 398 g/mol. The number of rotatable bonds is 20. The van der Waals surface area contributed by atoms with Gasteiger partial charge in [-0.25, -0.2) is 0 Å². The van der Waals surface area contributed by atoms with Gasteiger partial charge in [0, 0.05) is 13.0 Å². The third-order valence-corrected chi connectivity index (χ3v) is 5.37. The molecule has 0 aliphatic carbocycles. The normalized spacial score (nSPS) is 12.6. The number of unbranched alkanes of at least 4 members (excludes halogenated alkanes) is 10. The van der Waals surface area contributed by atoms with Gasteiger partial charge in [-0.1, -0.05) is 83.3 Å².